The summed E-state index contributed by atoms with van der Waals surface area (Å²) in [6.45, 7) is 10.7. The van der Waals surface area contributed by atoms with Gasteiger partial charge in [-0.1, -0.05) is 6.92 Å². The fourth-order valence-corrected chi connectivity index (χ4v) is 4.30. The van der Waals surface area contributed by atoms with Crippen LogP contribution in [0.5, 0.6) is 0 Å². The Balaban J connectivity index is 1.64. The highest BCUT2D eigenvalue weighted by molar-refractivity contribution is 6.46. The van der Waals surface area contributed by atoms with Crippen molar-refractivity contribution >= 4 is 9.28 Å². The Hall–Kier alpha value is 0.0169. The van der Waals surface area contributed by atoms with Gasteiger partial charge in [-0.05, 0) is 32.2 Å². The molecule has 5 nitrogen and oxygen atoms in total. The highest BCUT2D eigenvalue weighted by Crippen LogP contribution is 2.27. The van der Waals surface area contributed by atoms with Gasteiger partial charge in [-0.3, -0.25) is 0 Å². The first-order valence-electron chi connectivity index (χ1n) is 7.48. The zero-order valence-electron chi connectivity index (χ0n) is 12.3. The zero-order valence-corrected chi connectivity index (χ0v) is 13.5. The molecule has 2 saturated heterocycles. The molecular formula is C13H27NO4Si. The van der Waals surface area contributed by atoms with Crippen LogP contribution < -0.4 is 0 Å². The molecule has 112 valence electrons. The Kier molecular flexibility index (Phi) is 6.25. The van der Waals surface area contributed by atoms with Crippen molar-refractivity contribution in [2.24, 2.45) is 0 Å². The fraction of sp³-hybridized carbons (Fsp3) is 1.00. The third kappa shape index (κ3) is 5.13. The van der Waals surface area contributed by atoms with E-state index in [1.54, 1.807) is 0 Å². The number of hydrogen-bond donors (Lipinski definition) is 0. The molecule has 0 bridgehead atoms. The van der Waals surface area contributed by atoms with E-state index in [2.05, 4.69) is 11.8 Å². The third-order valence-electron chi connectivity index (χ3n) is 3.57. The third-order valence-corrected chi connectivity index (χ3v) is 6.16. The number of nitrogens with zero attached hydrogens (tertiary/aromatic N) is 1. The molecule has 0 saturated carbocycles. The van der Waals surface area contributed by atoms with Crippen LogP contribution in [-0.4, -0.2) is 59.6 Å². The van der Waals surface area contributed by atoms with Crippen LogP contribution in [-0.2, 0) is 18.3 Å². The molecule has 0 radical (unpaired) electrons. The molecule has 2 rings (SSSR count). The van der Waals surface area contributed by atoms with Crippen molar-refractivity contribution in [1.82, 2.24) is 4.90 Å². The molecule has 0 aromatic carbocycles. The predicted molar refractivity (Wildman–Crippen MR) is 75.2 cm³/mol. The second-order valence-electron chi connectivity index (χ2n) is 5.21. The summed E-state index contributed by atoms with van der Waals surface area (Å²) in [5, 5.41) is 0. The zero-order chi connectivity index (χ0) is 13.7. The van der Waals surface area contributed by atoms with Crippen molar-refractivity contribution in [3.63, 3.8) is 0 Å². The average molecular weight is 289 g/mol. The molecule has 0 aliphatic carbocycles. The van der Waals surface area contributed by atoms with Crippen LogP contribution in [0, 0.1) is 0 Å². The van der Waals surface area contributed by atoms with Crippen LogP contribution in [0.15, 0.2) is 0 Å². The quantitative estimate of drug-likeness (QED) is 0.426. The van der Waals surface area contributed by atoms with Crippen molar-refractivity contribution in [3.8, 4) is 0 Å². The van der Waals surface area contributed by atoms with Gasteiger partial charge < -0.3 is 18.3 Å². The molecule has 0 amide bonds. The van der Waals surface area contributed by atoms with E-state index in [4.69, 9.17) is 18.3 Å². The summed E-state index contributed by atoms with van der Waals surface area (Å²) in [5.74, 6) is 0. The van der Waals surface area contributed by atoms with E-state index in [-0.39, 0.29) is 0 Å². The summed E-state index contributed by atoms with van der Waals surface area (Å²) in [6, 6.07) is 0. The lowest BCUT2D eigenvalue weighted by Gasteiger charge is -2.23. The minimum Gasteiger partial charge on any atom is -0.397 e. The summed E-state index contributed by atoms with van der Waals surface area (Å²) < 4.78 is 22.3. The Morgan fingerprint density at radius 1 is 1.16 bits per heavy atom. The van der Waals surface area contributed by atoms with Gasteiger partial charge in [-0.2, -0.15) is 0 Å². The first kappa shape index (κ1) is 15.4. The molecule has 2 aliphatic rings. The van der Waals surface area contributed by atoms with Crippen LogP contribution >= 0.6 is 0 Å². The molecule has 6 heteroatoms. The lowest BCUT2D eigenvalue weighted by Crippen LogP contribution is -2.32. The highest BCUT2D eigenvalue weighted by atomic mass is 28.3. The first-order valence-corrected chi connectivity index (χ1v) is 9.09. The average Bonchev–Trinajstić information content (AvgIpc) is 3.27. The molecule has 3 atom stereocenters. The monoisotopic (exact) mass is 289 g/mol. The van der Waals surface area contributed by atoms with E-state index in [1.807, 2.05) is 13.8 Å². The Labute approximate surface area is 118 Å². The normalized spacial score (nSPS) is 27.0. The van der Waals surface area contributed by atoms with Crippen molar-refractivity contribution in [3.05, 3.63) is 0 Å². The number of hydrogen-bond acceptors (Lipinski definition) is 5. The Bertz CT molecular complexity index is 243. The lowest BCUT2D eigenvalue weighted by molar-refractivity contribution is 0.110. The van der Waals surface area contributed by atoms with E-state index in [0.29, 0.717) is 18.0 Å². The standard InChI is InChI=1S/C13H27NO4Si/c1-4-17-19(18-5-2)11(3)7-6-8-14(12-9-15-12)13-10-16-13/h11-13,19H,4-10H2,1-3H3. The van der Waals surface area contributed by atoms with Gasteiger partial charge in [0.15, 0.2) is 0 Å². The fourth-order valence-electron chi connectivity index (χ4n) is 2.38. The van der Waals surface area contributed by atoms with Crippen LogP contribution in [0.1, 0.15) is 33.6 Å². The van der Waals surface area contributed by atoms with Crippen molar-refractivity contribution in [2.75, 3.05) is 33.0 Å². The van der Waals surface area contributed by atoms with Gasteiger partial charge in [-0.25, -0.2) is 4.90 Å². The summed E-state index contributed by atoms with van der Waals surface area (Å²) in [4.78, 5) is 2.34. The van der Waals surface area contributed by atoms with Gasteiger partial charge in [-0.15, -0.1) is 0 Å². The number of rotatable bonds is 11. The molecule has 0 spiro atoms. The minimum absolute atomic E-state index is 0.314. The van der Waals surface area contributed by atoms with E-state index in [0.717, 1.165) is 45.8 Å². The maximum Gasteiger partial charge on any atom is 0.324 e. The van der Waals surface area contributed by atoms with E-state index in [1.165, 1.54) is 0 Å². The van der Waals surface area contributed by atoms with Gasteiger partial charge in [0.2, 0.25) is 0 Å². The van der Waals surface area contributed by atoms with Crippen LogP contribution in [0.25, 0.3) is 0 Å². The maximum absolute atomic E-state index is 5.77. The SMILES string of the molecule is CCO[SiH](OCC)C(C)CCCN(C1CO1)C1CO1. The highest BCUT2D eigenvalue weighted by Gasteiger charge is 2.41. The van der Waals surface area contributed by atoms with Gasteiger partial charge >= 0.3 is 9.28 Å². The molecule has 3 unspecified atom stereocenters. The van der Waals surface area contributed by atoms with Gasteiger partial charge in [0.05, 0.1) is 13.2 Å². The lowest BCUT2D eigenvalue weighted by atomic mass is 10.2. The summed E-state index contributed by atoms with van der Waals surface area (Å²) >= 11 is 0. The smallest absolute Gasteiger partial charge is 0.324 e. The predicted octanol–water partition coefficient (Wildman–Crippen LogP) is 1.46. The van der Waals surface area contributed by atoms with Crippen molar-refractivity contribution < 1.29 is 18.3 Å². The molecule has 2 fully saturated rings. The van der Waals surface area contributed by atoms with Crippen LogP contribution in [0.3, 0.4) is 0 Å². The van der Waals surface area contributed by atoms with Gasteiger partial charge in [0, 0.05) is 19.8 Å². The molecule has 19 heavy (non-hydrogen) atoms. The molecule has 0 aromatic rings. The van der Waals surface area contributed by atoms with E-state index < -0.39 is 9.28 Å². The molecule has 0 N–H and O–H groups in total. The Morgan fingerprint density at radius 3 is 2.11 bits per heavy atom. The van der Waals surface area contributed by atoms with Gasteiger partial charge in [0.1, 0.15) is 12.5 Å². The van der Waals surface area contributed by atoms with E-state index in [9.17, 15) is 0 Å². The first-order chi connectivity index (χ1) is 9.26. The second-order valence-corrected chi connectivity index (χ2v) is 7.75. The van der Waals surface area contributed by atoms with Crippen molar-refractivity contribution in [2.45, 2.75) is 51.6 Å². The van der Waals surface area contributed by atoms with E-state index >= 15 is 0 Å². The van der Waals surface area contributed by atoms with Crippen molar-refractivity contribution in [1.29, 1.82) is 0 Å². The molecule has 0 aromatic heterocycles. The van der Waals surface area contributed by atoms with Gasteiger partial charge in [0.25, 0.3) is 0 Å². The molecular weight excluding hydrogens is 262 g/mol. The summed E-state index contributed by atoms with van der Waals surface area (Å²) in [5.41, 5.74) is 0.557. The number of ether oxygens (including phenoxy) is 2. The minimum atomic E-state index is -1.49. The van der Waals surface area contributed by atoms with Crippen LogP contribution in [0.4, 0.5) is 0 Å². The summed E-state index contributed by atoms with van der Waals surface area (Å²) in [6.07, 6.45) is 2.95. The topological polar surface area (TPSA) is 46.8 Å². The maximum atomic E-state index is 5.77. The number of epoxide rings is 2. The van der Waals surface area contributed by atoms with Crippen LogP contribution in [0.2, 0.25) is 5.54 Å². The summed E-state index contributed by atoms with van der Waals surface area (Å²) in [7, 11) is -1.49. The molecule has 2 aliphatic heterocycles. The largest absolute Gasteiger partial charge is 0.397 e. The Morgan fingerprint density at radius 2 is 1.68 bits per heavy atom. The second kappa shape index (κ2) is 7.71. The molecule has 2 heterocycles.